The van der Waals surface area contributed by atoms with E-state index in [1.165, 1.54) is 72.9 Å². The Hall–Kier alpha value is -2.78. The van der Waals surface area contributed by atoms with Crippen molar-refractivity contribution in [3.05, 3.63) is 217 Å². The molecule has 0 amide bonds. The minimum atomic E-state index is -3.06. The van der Waals surface area contributed by atoms with Crippen molar-refractivity contribution in [2.45, 2.75) is 54.2 Å². The van der Waals surface area contributed by atoms with Crippen molar-refractivity contribution in [3.63, 3.8) is 0 Å². The Bertz CT molecular complexity index is 3480. The van der Waals surface area contributed by atoms with Gasteiger partial charge >= 0.3 is 134 Å². The van der Waals surface area contributed by atoms with Crippen LogP contribution in [-0.4, -0.2) is 104 Å². The first-order chi connectivity index (χ1) is 38.0. The number of hydrogen-bond acceptors (Lipinski definition) is 11. The molecule has 12 rings (SSSR count). The second kappa shape index (κ2) is 30.9. The minimum absolute atomic E-state index is 0. The fourth-order valence-electron chi connectivity index (χ4n) is 8.30. The maximum atomic E-state index is 9.00. The Balaban J connectivity index is 0.000000194. The van der Waals surface area contributed by atoms with Crippen molar-refractivity contribution in [1.29, 1.82) is 0 Å². The molecule has 4 aromatic heterocycles. The van der Waals surface area contributed by atoms with Gasteiger partial charge in [-0.25, -0.2) is 14.6 Å². The molecule has 1 N–H and O–H groups in total. The molecule has 22 heteroatoms. The standard InChI is InChI=1S/C28H22N4OS.C28H20N4OS.C2H4O2.4ClH.2K.2Pt/c2*1-19-16-20(2)32(30-19)21-8-7-9-22(17-21)33-23-13-14-27-25(18-23)31(28-12-5-6-15-29-28)24-10-3-4-11-26(24)34-27;1-2(3)4;;;;;;;;/h3-18H,1-2H3;3-16H,1-2H3;1H3,(H,3,4);4*1H;;;;/q;-2;;;;;;;;+2;+4/p-4. The number of hydrogen-bond donors (Lipinski definition) is 1. The average molecular weight is 1590 g/mol. The van der Waals surface area contributed by atoms with E-state index in [1.807, 2.05) is 139 Å². The SMILES string of the molecule is CC(=O)O.Cc1cc(C)n(-c2[c-]c(Oc3[c-]c4c(cc3)Sc3ccccc3N4c3ccccn3)ccc2)n1.Cc1cc(C)n(-c2cccc(Oc3ccc4c(c3)N(c3ccccn3)c3ccccc3S4)c2)n1.[Cl][Pt]([Cl])([Cl])[Cl].[K][K].[Pt+2]. The van der Waals surface area contributed by atoms with Crippen molar-refractivity contribution >= 4 is 165 Å². The number of carboxylic acids is 1. The number of para-hydroxylation sites is 2. The van der Waals surface area contributed by atoms with E-state index < -0.39 is 17.9 Å². The molecule has 80 heavy (non-hydrogen) atoms. The number of carboxylic acid groups (broad SMARTS) is 1. The topological polar surface area (TPSA) is 124 Å². The van der Waals surface area contributed by atoms with Gasteiger partial charge in [-0.1, -0.05) is 59.1 Å². The molecule has 0 bridgehead atoms. The van der Waals surface area contributed by atoms with Gasteiger partial charge in [-0.3, -0.25) is 14.4 Å². The van der Waals surface area contributed by atoms with E-state index in [9.17, 15) is 0 Å². The summed E-state index contributed by atoms with van der Waals surface area (Å²) < 4.78 is 16.4. The number of rotatable bonds is 8. The molecule has 0 unspecified atom stereocenters. The first-order valence-corrected chi connectivity index (χ1v) is 53.3. The zero-order valence-electron chi connectivity index (χ0n) is 44.0. The number of fused-ring (bicyclic) bond motifs is 4. The molecule has 0 atom stereocenters. The summed E-state index contributed by atoms with van der Waals surface area (Å²) in [6, 6.07) is 63.6. The Kier molecular flexibility index (Phi) is 25.0. The van der Waals surface area contributed by atoms with E-state index in [2.05, 4.69) is 116 Å². The van der Waals surface area contributed by atoms with Crippen LogP contribution in [0, 0.1) is 39.8 Å². The van der Waals surface area contributed by atoms with Gasteiger partial charge in [-0.15, -0.1) is 30.3 Å². The second-order valence-electron chi connectivity index (χ2n) is 16.9. The maximum Gasteiger partial charge on any atom is 2.00 e. The van der Waals surface area contributed by atoms with Crippen LogP contribution < -0.4 is 19.3 Å². The van der Waals surface area contributed by atoms with Gasteiger partial charge < -0.3 is 19.5 Å². The molecular formula is C58H46Cl4K2N8O4Pt2S2. The average Bonchev–Trinajstić information content (AvgIpc) is 4.12. The first-order valence-electron chi connectivity index (χ1n) is 24.4. The van der Waals surface area contributed by atoms with Crippen molar-refractivity contribution in [2.24, 2.45) is 0 Å². The van der Waals surface area contributed by atoms with E-state index in [0.29, 0.717) is 11.5 Å². The van der Waals surface area contributed by atoms with Crippen molar-refractivity contribution in [3.8, 4) is 34.4 Å². The van der Waals surface area contributed by atoms with Gasteiger partial charge in [-0.05, 0) is 124 Å². The largest absolute Gasteiger partial charge is 2.00 e. The summed E-state index contributed by atoms with van der Waals surface area (Å²) >= 11 is 2.93. The van der Waals surface area contributed by atoms with Crippen LogP contribution in [0.5, 0.6) is 23.0 Å². The minimum Gasteiger partial charge on any atom is 2.00 e. The number of pyridine rings is 2. The zero-order chi connectivity index (χ0) is 56.2. The number of halogens is 4. The summed E-state index contributed by atoms with van der Waals surface area (Å²) in [6.45, 7) is 9.15. The molecule has 0 radical (unpaired) electrons. The molecular weight excluding hydrogens is 1550 g/mol. The Labute approximate surface area is 552 Å². The van der Waals surface area contributed by atoms with Gasteiger partial charge in [0.15, 0.2) is 0 Å². The smallest absolute Gasteiger partial charge is 2.00 e. The van der Waals surface area contributed by atoms with E-state index in [0.717, 1.165) is 96.7 Å². The van der Waals surface area contributed by atoms with Crippen LogP contribution in [0.4, 0.5) is 34.4 Å². The molecule has 6 aromatic carbocycles. The van der Waals surface area contributed by atoms with Crippen molar-refractivity contribution < 1.29 is 52.3 Å². The van der Waals surface area contributed by atoms with Gasteiger partial charge in [0, 0.05) is 69.0 Å². The molecule has 0 saturated carbocycles. The third-order valence-electron chi connectivity index (χ3n) is 11.2. The summed E-state index contributed by atoms with van der Waals surface area (Å²) in [7, 11) is 20.0. The molecule has 404 valence electrons. The van der Waals surface area contributed by atoms with E-state index >= 15 is 0 Å². The van der Waals surface area contributed by atoms with Crippen LogP contribution in [0.25, 0.3) is 11.4 Å². The van der Waals surface area contributed by atoms with Gasteiger partial charge in [0.05, 0.1) is 34.1 Å². The number of nitrogens with zero attached hydrogens (tertiary/aromatic N) is 8. The number of carbonyl (C=O) groups is 1. The van der Waals surface area contributed by atoms with Crippen LogP contribution in [0.3, 0.4) is 0 Å². The van der Waals surface area contributed by atoms with Crippen LogP contribution in [0.2, 0.25) is 0 Å². The maximum absolute atomic E-state index is 9.00. The van der Waals surface area contributed by atoms with E-state index in [4.69, 9.17) is 57.0 Å². The predicted octanol–water partition coefficient (Wildman–Crippen LogP) is 16.9. The summed E-state index contributed by atoms with van der Waals surface area (Å²) in [6.07, 6.45) is 3.63. The third-order valence-corrected chi connectivity index (χ3v) is 13.4. The number of anilines is 6. The molecule has 2 aliphatic heterocycles. The Morgan fingerprint density at radius 1 is 0.550 bits per heavy atom. The summed E-state index contributed by atoms with van der Waals surface area (Å²) in [5.74, 6) is 3.63. The number of aromatic nitrogens is 6. The number of ether oxygens (including phenoxy) is 2. The summed E-state index contributed by atoms with van der Waals surface area (Å²) in [4.78, 5) is 27.2. The van der Waals surface area contributed by atoms with Gasteiger partial charge in [0.2, 0.25) is 0 Å². The molecule has 0 spiro atoms. The molecule has 6 heterocycles. The van der Waals surface area contributed by atoms with Gasteiger partial charge in [0.1, 0.15) is 23.1 Å². The van der Waals surface area contributed by atoms with Crippen LogP contribution in [0.15, 0.2) is 202 Å². The third kappa shape index (κ3) is 17.6. The summed E-state index contributed by atoms with van der Waals surface area (Å²) in [5.41, 5.74) is 10.1. The monoisotopic (exact) mass is 1590 g/mol. The second-order valence-corrected chi connectivity index (χ2v) is 38.8. The van der Waals surface area contributed by atoms with E-state index in [-0.39, 0.29) is 21.1 Å². The van der Waals surface area contributed by atoms with Gasteiger partial charge in [-0.2, -0.15) is 34.1 Å². The van der Waals surface area contributed by atoms with Crippen LogP contribution >= 0.6 is 61.2 Å². The zero-order valence-corrected chi connectivity index (χ0v) is 59.5. The normalized spacial score (nSPS) is 11.8. The van der Waals surface area contributed by atoms with Gasteiger partial charge in [0.25, 0.3) is 5.97 Å². The molecule has 12 nitrogen and oxygen atoms in total. The molecule has 10 aromatic rings. The predicted molar refractivity (Wildman–Crippen MR) is 318 cm³/mol. The quantitative estimate of drug-likeness (QED) is 0.115. The van der Waals surface area contributed by atoms with E-state index in [1.54, 1.807) is 29.7 Å². The number of benzene rings is 6. The van der Waals surface area contributed by atoms with Crippen LogP contribution in [-0.2, 0) is 37.8 Å². The van der Waals surface area contributed by atoms with Crippen LogP contribution in [0.1, 0.15) is 29.7 Å². The Morgan fingerprint density at radius 2 is 1.05 bits per heavy atom. The number of aliphatic carboxylic acids is 1. The Morgan fingerprint density at radius 3 is 1.64 bits per heavy atom. The fourth-order valence-corrected chi connectivity index (χ4v) is 10.4. The molecule has 2 aliphatic rings. The molecule has 0 saturated heterocycles. The molecule has 0 aliphatic carbocycles. The fraction of sp³-hybridized carbons (Fsp3) is 0.0862. The molecule has 0 fully saturated rings. The van der Waals surface area contributed by atoms with Crippen molar-refractivity contribution in [2.75, 3.05) is 9.80 Å². The number of aryl methyl sites for hydroxylation is 4. The first kappa shape index (κ1) is 64.8. The van der Waals surface area contributed by atoms with Crippen molar-refractivity contribution in [1.82, 2.24) is 29.5 Å². The summed E-state index contributed by atoms with van der Waals surface area (Å²) in [5, 5.41) is 16.6.